The van der Waals surface area contributed by atoms with E-state index in [1.54, 1.807) is 12.7 Å². The molecule has 0 saturated heterocycles. The molecule has 1 heterocycles. The van der Waals surface area contributed by atoms with Crippen LogP contribution in [0.25, 0.3) is 0 Å². The van der Waals surface area contributed by atoms with Crippen molar-refractivity contribution in [3.63, 3.8) is 0 Å². The number of nitrogens with zero attached hydrogens (tertiary/aromatic N) is 5. The van der Waals surface area contributed by atoms with E-state index in [4.69, 9.17) is 5.26 Å². The van der Waals surface area contributed by atoms with Crippen molar-refractivity contribution in [2.45, 2.75) is 33.7 Å². The van der Waals surface area contributed by atoms with Crippen LogP contribution in [0.1, 0.15) is 27.2 Å². The molecule has 1 aromatic heterocycles. The fourth-order valence-corrected chi connectivity index (χ4v) is 1.74. The quantitative estimate of drug-likeness (QED) is 0.750. The Hall–Kier alpha value is -1.41. The SMILES string of the molecule is CC(C)(C)CN(CCC#N)CCn1cncn1. The third-order valence-corrected chi connectivity index (χ3v) is 2.35. The molecule has 5 heteroatoms. The lowest BCUT2D eigenvalue weighted by atomic mass is 9.96. The Balaban J connectivity index is 2.43. The molecular weight excluding hydrogens is 214 g/mol. The van der Waals surface area contributed by atoms with E-state index in [1.807, 2.05) is 4.68 Å². The van der Waals surface area contributed by atoms with Crippen molar-refractivity contribution in [1.82, 2.24) is 19.7 Å². The fraction of sp³-hybridized carbons (Fsp3) is 0.750. The second-order valence-electron chi connectivity index (χ2n) is 5.40. The summed E-state index contributed by atoms with van der Waals surface area (Å²) in [5.74, 6) is 0. The highest BCUT2D eigenvalue weighted by molar-refractivity contribution is 4.75. The van der Waals surface area contributed by atoms with Crippen LogP contribution in [0.4, 0.5) is 0 Å². The summed E-state index contributed by atoms with van der Waals surface area (Å²) in [5.41, 5.74) is 0.248. The van der Waals surface area contributed by atoms with Gasteiger partial charge in [-0.15, -0.1) is 0 Å². The first-order valence-electron chi connectivity index (χ1n) is 5.93. The van der Waals surface area contributed by atoms with Gasteiger partial charge >= 0.3 is 0 Å². The Labute approximate surface area is 103 Å². The summed E-state index contributed by atoms with van der Waals surface area (Å²) in [5, 5.41) is 12.7. The van der Waals surface area contributed by atoms with E-state index in [1.165, 1.54) is 0 Å². The lowest BCUT2D eigenvalue weighted by Gasteiger charge is -2.29. The zero-order valence-electron chi connectivity index (χ0n) is 10.9. The fourth-order valence-electron chi connectivity index (χ4n) is 1.74. The molecule has 1 aromatic rings. The van der Waals surface area contributed by atoms with E-state index in [0.717, 1.165) is 26.2 Å². The molecule has 0 radical (unpaired) electrons. The van der Waals surface area contributed by atoms with Crippen molar-refractivity contribution < 1.29 is 0 Å². The Kier molecular flexibility index (Phi) is 5.11. The molecule has 0 spiro atoms. The maximum atomic E-state index is 8.66. The number of hydrogen-bond donors (Lipinski definition) is 0. The van der Waals surface area contributed by atoms with Crippen molar-refractivity contribution in [3.05, 3.63) is 12.7 Å². The molecule has 0 aromatic carbocycles. The average Bonchev–Trinajstić information content (AvgIpc) is 2.73. The Bertz CT molecular complexity index is 344. The van der Waals surface area contributed by atoms with Crippen molar-refractivity contribution in [2.24, 2.45) is 5.41 Å². The Morgan fingerprint density at radius 3 is 2.65 bits per heavy atom. The topological polar surface area (TPSA) is 57.7 Å². The molecule has 0 aliphatic heterocycles. The summed E-state index contributed by atoms with van der Waals surface area (Å²) in [6.07, 6.45) is 3.84. The highest BCUT2D eigenvalue weighted by Crippen LogP contribution is 2.15. The number of aromatic nitrogens is 3. The zero-order valence-corrected chi connectivity index (χ0v) is 10.9. The van der Waals surface area contributed by atoms with Gasteiger partial charge in [-0.05, 0) is 5.41 Å². The molecule has 17 heavy (non-hydrogen) atoms. The summed E-state index contributed by atoms with van der Waals surface area (Å²) in [4.78, 5) is 6.23. The molecule has 94 valence electrons. The van der Waals surface area contributed by atoms with Crippen molar-refractivity contribution in [2.75, 3.05) is 19.6 Å². The first-order valence-corrected chi connectivity index (χ1v) is 5.93. The molecule has 0 amide bonds. The molecule has 0 atom stereocenters. The number of nitriles is 1. The minimum atomic E-state index is 0.248. The van der Waals surface area contributed by atoms with E-state index in [-0.39, 0.29) is 5.41 Å². The molecule has 0 saturated carbocycles. The van der Waals surface area contributed by atoms with Gasteiger partial charge in [0.05, 0.1) is 12.6 Å². The van der Waals surface area contributed by atoms with Gasteiger partial charge in [0.2, 0.25) is 0 Å². The van der Waals surface area contributed by atoms with Crippen LogP contribution in [0.5, 0.6) is 0 Å². The molecule has 0 N–H and O–H groups in total. The van der Waals surface area contributed by atoms with Crippen LogP contribution < -0.4 is 0 Å². The van der Waals surface area contributed by atoms with Gasteiger partial charge in [-0.25, -0.2) is 4.98 Å². The standard InChI is InChI=1S/C12H21N5/c1-12(2,3)9-16(6-4-5-13)7-8-17-11-14-10-15-17/h10-11H,4,6-9H2,1-3H3. The van der Waals surface area contributed by atoms with Crippen molar-refractivity contribution in [3.8, 4) is 6.07 Å². The van der Waals surface area contributed by atoms with E-state index >= 15 is 0 Å². The second kappa shape index (κ2) is 6.36. The highest BCUT2D eigenvalue weighted by atomic mass is 15.3. The van der Waals surface area contributed by atoms with Crippen LogP contribution in [0.3, 0.4) is 0 Å². The predicted molar refractivity (Wildman–Crippen MR) is 66.1 cm³/mol. The monoisotopic (exact) mass is 235 g/mol. The third kappa shape index (κ3) is 6.03. The lowest BCUT2D eigenvalue weighted by Crippen LogP contribution is -2.35. The molecule has 0 aliphatic carbocycles. The molecule has 0 aliphatic rings. The van der Waals surface area contributed by atoms with Crippen molar-refractivity contribution in [1.29, 1.82) is 5.26 Å². The largest absolute Gasteiger partial charge is 0.300 e. The normalized spacial score (nSPS) is 11.7. The molecular formula is C12H21N5. The maximum Gasteiger partial charge on any atom is 0.137 e. The van der Waals surface area contributed by atoms with E-state index in [2.05, 4.69) is 41.8 Å². The smallest absolute Gasteiger partial charge is 0.137 e. The maximum absolute atomic E-state index is 8.66. The van der Waals surface area contributed by atoms with Crippen LogP contribution in [-0.4, -0.2) is 39.3 Å². The molecule has 1 rings (SSSR count). The Morgan fingerprint density at radius 2 is 2.12 bits per heavy atom. The molecule has 5 nitrogen and oxygen atoms in total. The summed E-state index contributed by atoms with van der Waals surface area (Å²) in [6, 6.07) is 2.20. The first-order chi connectivity index (χ1) is 8.01. The molecule has 0 fully saturated rings. The zero-order chi connectivity index (χ0) is 12.7. The number of rotatable bonds is 6. The minimum Gasteiger partial charge on any atom is -0.300 e. The lowest BCUT2D eigenvalue weighted by molar-refractivity contribution is 0.186. The van der Waals surface area contributed by atoms with Crippen LogP contribution in [-0.2, 0) is 6.54 Å². The predicted octanol–water partition coefficient (Wildman–Crippen LogP) is 1.54. The highest BCUT2D eigenvalue weighted by Gasteiger charge is 2.16. The van der Waals surface area contributed by atoms with Gasteiger partial charge in [-0.1, -0.05) is 20.8 Å². The second-order valence-corrected chi connectivity index (χ2v) is 5.40. The summed E-state index contributed by atoms with van der Waals surface area (Å²) >= 11 is 0. The summed E-state index contributed by atoms with van der Waals surface area (Å²) in [7, 11) is 0. The van der Waals surface area contributed by atoms with Gasteiger partial charge < -0.3 is 0 Å². The molecule has 0 unspecified atom stereocenters. The van der Waals surface area contributed by atoms with Gasteiger partial charge in [0.1, 0.15) is 12.7 Å². The van der Waals surface area contributed by atoms with E-state index < -0.39 is 0 Å². The van der Waals surface area contributed by atoms with Gasteiger partial charge in [0.15, 0.2) is 0 Å². The average molecular weight is 235 g/mol. The van der Waals surface area contributed by atoms with Gasteiger partial charge in [-0.2, -0.15) is 10.4 Å². The van der Waals surface area contributed by atoms with Gasteiger partial charge in [0, 0.05) is 26.1 Å². The van der Waals surface area contributed by atoms with Crippen LogP contribution in [0.15, 0.2) is 12.7 Å². The van der Waals surface area contributed by atoms with Crippen LogP contribution in [0, 0.1) is 16.7 Å². The van der Waals surface area contributed by atoms with E-state index in [9.17, 15) is 0 Å². The van der Waals surface area contributed by atoms with Crippen molar-refractivity contribution >= 4 is 0 Å². The minimum absolute atomic E-state index is 0.248. The van der Waals surface area contributed by atoms with Gasteiger partial charge in [0.25, 0.3) is 0 Å². The van der Waals surface area contributed by atoms with Crippen LogP contribution >= 0.6 is 0 Å². The van der Waals surface area contributed by atoms with Gasteiger partial charge in [-0.3, -0.25) is 9.58 Å². The summed E-state index contributed by atoms with van der Waals surface area (Å²) in [6.45, 7) is 10.2. The van der Waals surface area contributed by atoms with Crippen LogP contribution in [0.2, 0.25) is 0 Å². The third-order valence-electron chi connectivity index (χ3n) is 2.35. The first kappa shape index (κ1) is 13.7. The van der Waals surface area contributed by atoms with E-state index in [0.29, 0.717) is 6.42 Å². The number of hydrogen-bond acceptors (Lipinski definition) is 4. The summed E-state index contributed by atoms with van der Waals surface area (Å²) < 4.78 is 1.82. The molecule has 0 bridgehead atoms. The Morgan fingerprint density at radius 1 is 1.35 bits per heavy atom.